The fourth-order valence-electron chi connectivity index (χ4n) is 3.31. The van der Waals surface area contributed by atoms with Crippen molar-refractivity contribution >= 4 is 22.9 Å². The topological polar surface area (TPSA) is 65.4 Å². The van der Waals surface area contributed by atoms with Gasteiger partial charge >= 0.3 is 0 Å². The number of nitrogens with one attached hydrogen (secondary N) is 1. The third kappa shape index (κ3) is 5.57. The zero-order valence-electron chi connectivity index (χ0n) is 17.2. The van der Waals surface area contributed by atoms with E-state index in [4.69, 9.17) is 9.47 Å². The Morgan fingerprint density at radius 2 is 1.86 bits per heavy atom. The molecule has 0 saturated carbocycles. The number of aromatic nitrogens is 2. The molecule has 1 N–H and O–H groups in total. The van der Waals surface area contributed by atoms with Crippen LogP contribution in [0.5, 0.6) is 5.75 Å². The Kier molecular flexibility index (Phi) is 7.64. The summed E-state index contributed by atoms with van der Waals surface area (Å²) in [5.41, 5.74) is 2.93. The van der Waals surface area contributed by atoms with Crippen molar-refractivity contribution in [2.24, 2.45) is 0 Å². The number of amides is 1. The number of aryl methyl sites for hydroxylation is 2. The molecular weight excluding hydrogens is 366 g/mol. The highest BCUT2D eigenvalue weighted by molar-refractivity contribution is 5.91. The van der Waals surface area contributed by atoms with Crippen molar-refractivity contribution in [3.05, 3.63) is 54.1 Å². The standard InChI is InChI=1S/C23H29N3O3/c1-3-28-17-9-16-26-20-12-7-6-11-19(20)24-23(26)25-22(27)15-14-18-10-5-8-13-21(18)29-4-2/h5-8,10-13H,3-4,9,14-17H2,1-2H3,(H,24,25,27). The Labute approximate surface area is 171 Å². The molecule has 6 nitrogen and oxygen atoms in total. The summed E-state index contributed by atoms with van der Waals surface area (Å²) >= 11 is 0. The number of hydrogen-bond acceptors (Lipinski definition) is 4. The molecule has 0 spiro atoms. The number of anilines is 1. The summed E-state index contributed by atoms with van der Waals surface area (Å²) < 4.78 is 13.2. The molecule has 2 aromatic carbocycles. The monoisotopic (exact) mass is 395 g/mol. The molecule has 0 radical (unpaired) electrons. The molecule has 0 aliphatic rings. The van der Waals surface area contributed by atoms with Gasteiger partial charge in [0.05, 0.1) is 17.6 Å². The Morgan fingerprint density at radius 3 is 2.69 bits per heavy atom. The van der Waals surface area contributed by atoms with Crippen molar-refractivity contribution in [3.8, 4) is 5.75 Å². The lowest BCUT2D eigenvalue weighted by atomic mass is 10.1. The van der Waals surface area contributed by atoms with Crippen LogP contribution in [-0.2, 0) is 22.5 Å². The van der Waals surface area contributed by atoms with Gasteiger partial charge in [-0.05, 0) is 50.5 Å². The van der Waals surface area contributed by atoms with E-state index in [2.05, 4.69) is 14.9 Å². The Hall–Kier alpha value is -2.86. The Balaban J connectivity index is 1.68. The average molecular weight is 396 g/mol. The summed E-state index contributed by atoms with van der Waals surface area (Å²) in [4.78, 5) is 17.2. The van der Waals surface area contributed by atoms with Gasteiger partial charge in [-0.15, -0.1) is 0 Å². The van der Waals surface area contributed by atoms with E-state index in [1.807, 2.05) is 62.4 Å². The second-order valence-corrected chi connectivity index (χ2v) is 6.72. The van der Waals surface area contributed by atoms with E-state index >= 15 is 0 Å². The van der Waals surface area contributed by atoms with Gasteiger partial charge in [-0.2, -0.15) is 0 Å². The summed E-state index contributed by atoms with van der Waals surface area (Å²) in [7, 11) is 0. The SMILES string of the molecule is CCOCCCn1c(NC(=O)CCc2ccccc2OCC)nc2ccccc21. The molecule has 1 aromatic heterocycles. The lowest BCUT2D eigenvalue weighted by molar-refractivity contribution is -0.116. The van der Waals surface area contributed by atoms with Gasteiger partial charge in [0.1, 0.15) is 5.75 Å². The van der Waals surface area contributed by atoms with E-state index in [0.29, 0.717) is 38.6 Å². The molecule has 1 heterocycles. The van der Waals surface area contributed by atoms with Gasteiger partial charge in [0.25, 0.3) is 0 Å². The second kappa shape index (κ2) is 10.6. The molecular formula is C23H29N3O3. The van der Waals surface area contributed by atoms with Crippen LogP contribution in [0.25, 0.3) is 11.0 Å². The zero-order valence-corrected chi connectivity index (χ0v) is 17.2. The third-order valence-corrected chi connectivity index (χ3v) is 4.67. The molecule has 0 saturated heterocycles. The van der Waals surface area contributed by atoms with Crippen molar-refractivity contribution in [1.82, 2.24) is 9.55 Å². The van der Waals surface area contributed by atoms with E-state index in [1.165, 1.54) is 0 Å². The van der Waals surface area contributed by atoms with E-state index < -0.39 is 0 Å². The lowest BCUT2D eigenvalue weighted by Crippen LogP contribution is -2.17. The summed E-state index contributed by atoms with van der Waals surface area (Å²) in [6.07, 6.45) is 1.84. The molecule has 0 unspecified atom stereocenters. The third-order valence-electron chi connectivity index (χ3n) is 4.67. The number of nitrogens with zero attached hydrogens (tertiary/aromatic N) is 2. The van der Waals surface area contributed by atoms with Crippen molar-refractivity contribution in [2.45, 2.75) is 39.7 Å². The first-order valence-corrected chi connectivity index (χ1v) is 10.3. The van der Waals surface area contributed by atoms with Crippen molar-refractivity contribution in [2.75, 3.05) is 25.1 Å². The van der Waals surface area contributed by atoms with Crippen LogP contribution in [-0.4, -0.2) is 35.3 Å². The van der Waals surface area contributed by atoms with Crippen LogP contribution in [0.1, 0.15) is 32.3 Å². The molecule has 1 amide bonds. The van der Waals surface area contributed by atoms with Gasteiger partial charge in [0.2, 0.25) is 11.9 Å². The molecule has 0 bridgehead atoms. The van der Waals surface area contributed by atoms with Gasteiger partial charge in [-0.3, -0.25) is 10.1 Å². The fraction of sp³-hybridized carbons (Fsp3) is 0.391. The van der Waals surface area contributed by atoms with Crippen LogP contribution in [0.2, 0.25) is 0 Å². The molecule has 0 atom stereocenters. The first-order valence-electron chi connectivity index (χ1n) is 10.3. The molecule has 0 aliphatic carbocycles. The maximum absolute atomic E-state index is 12.6. The summed E-state index contributed by atoms with van der Waals surface area (Å²) in [5, 5.41) is 2.99. The van der Waals surface area contributed by atoms with Gasteiger partial charge in [0, 0.05) is 26.2 Å². The molecule has 3 aromatic rings. The van der Waals surface area contributed by atoms with Crippen LogP contribution < -0.4 is 10.1 Å². The van der Waals surface area contributed by atoms with E-state index in [9.17, 15) is 4.79 Å². The first kappa shape index (κ1) is 20.9. The normalized spacial score (nSPS) is 11.0. The minimum absolute atomic E-state index is 0.0577. The molecule has 154 valence electrons. The number of benzene rings is 2. The van der Waals surface area contributed by atoms with Gasteiger partial charge < -0.3 is 14.0 Å². The Bertz CT molecular complexity index is 936. The highest BCUT2D eigenvalue weighted by Gasteiger charge is 2.14. The number of imidazole rings is 1. The van der Waals surface area contributed by atoms with Crippen molar-refractivity contribution in [1.29, 1.82) is 0 Å². The summed E-state index contributed by atoms with van der Waals surface area (Å²) in [6, 6.07) is 15.8. The number of carbonyl (C=O) groups is 1. The number of para-hydroxylation sites is 3. The van der Waals surface area contributed by atoms with Crippen LogP contribution in [0, 0.1) is 0 Å². The predicted molar refractivity (Wildman–Crippen MR) is 115 cm³/mol. The molecule has 6 heteroatoms. The number of ether oxygens (including phenoxy) is 2. The van der Waals surface area contributed by atoms with E-state index in [0.717, 1.165) is 35.3 Å². The minimum Gasteiger partial charge on any atom is -0.494 e. The molecule has 29 heavy (non-hydrogen) atoms. The number of fused-ring (bicyclic) bond motifs is 1. The predicted octanol–water partition coefficient (Wildman–Crippen LogP) is 4.43. The number of hydrogen-bond donors (Lipinski definition) is 1. The second-order valence-electron chi connectivity index (χ2n) is 6.72. The average Bonchev–Trinajstić information content (AvgIpc) is 3.08. The molecule has 0 aliphatic heterocycles. The fourth-order valence-corrected chi connectivity index (χ4v) is 3.31. The molecule has 0 fully saturated rings. The van der Waals surface area contributed by atoms with E-state index in [-0.39, 0.29) is 5.91 Å². The van der Waals surface area contributed by atoms with Crippen LogP contribution in [0.3, 0.4) is 0 Å². The van der Waals surface area contributed by atoms with Crippen LogP contribution >= 0.6 is 0 Å². The number of carbonyl (C=O) groups excluding carboxylic acids is 1. The first-order chi connectivity index (χ1) is 14.2. The maximum atomic E-state index is 12.6. The maximum Gasteiger partial charge on any atom is 0.227 e. The Morgan fingerprint density at radius 1 is 1.07 bits per heavy atom. The van der Waals surface area contributed by atoms with Gasteiger partial charge in [0.15, 0.2) is 0 Å². The van der Waals surface area contributed by atoms with E-state index in [1.54, 1.807) is 0 Å². The lowest BCUT2D eigenvalue weighted by Gasteiger charge is -2.11. The van der Waals surface area contributed by atoms with Crippen molar-refractivity contribution in [3.63, 3.8) is 0 Å². The van der Waals surface area contributed by atoms with Gasteiger partial charge in [-0.1, -0.05) is 30.3 Å². The number of rotatable bonds is 11. The minimum atomic E-state index is -0.0577. The van der Waals surface area contributed by atoms with Gasteiger partial charge in [-0.25, -0.2) is 4.98 Å². The molecule has 3 rings (SSSR count). The van der Waals surface area contributed by atoms with Crippen LogP contribution in [0.4, 0.5) is 5.95 Å². The quantitative estimate of drug-likeness (QED) is 0.488. The highest BCUT2D eigenvalue weighted by Crippen LogP contribution is 2.22. The highest BCUT2D eigenvalue weighted by atomic mass is 16.5. The van der Waals surface area contributed by atoms with Crippen LogP contribution in [0.15, 0.2) is 48.5 Å². The van der Waals surface area contributed by atoms with Crippen molar-refractivity contribution < 1.29 is 14.3 Å². The largest absolute Gasteiger partial charge is 0.494 e. The summed E-state index contributed by atoms with van der Waals surface area (Å²) in [6.45, 7) is 6.68. The smallest absolute Gasteiger partial charge is 0.227 e. The zero-order chi connectivity index (χ0) is 20.5. The summed E-state index contributed by atoms with van der Waals surface area (Å²) in [5.74, 6) is 1.37.